The molecule has 4 rings (SSSR count). The zero-order valence-corrected chi connectivity index (χ0v) is 19.3. The minimum absolute atomic E-state index is 0.0540. The Hall–Kier alpha value is -3.40. The first kappa shape index (κ1) is 25.7. The van der Waals surface area contributed by atoms with Crippen LogP contribution in [-0.2, 0) is 21.0 Å². The van der Waals surface area contributed by atoms with Crippen molar-refractivity contribution >= 4 is 21.9 Å². The molecule has 192 valence electrons. The molecule has 15 heteroatoms. The van der Waals surface area contributed by atoms with Crippen LogP contribution in [-0.4, -0.2) is 57.8 Å². The molecule has 0 spiro atoms. The molecule has 1 saturated carbocycles. The van der Waals surface area contributed by atoms with Crippen molar-refractivity contribution in [1.82, 2.24) is 19.7 Å². The van der Waals surface area contributed by atoms with Crippen molar-refractivity contribution in [3.8, 4) is 0 Å². The summed E-state index contributed by atoms with van der Waals surface area (Å²) < 4.78 is 68.8. The van der Waals surface area contributed by atoms with Crippen LogP contribution in [0.25, 0.3) is 0 Å². The summed E-state index contributed by atoms with van der Waals surface area (Å²) in [6.07, 6.45) is 3.51. The van der Waals surface area contributed by atoms with Crippen molar-refractivity contribution in [3.63, 3.8) is 0 Å². The summed E-state index contributed by atoms with van der Waals surface area (Å²) in [7, 11) is -4.15. The predicted octanol–water partition coefficient (Wildman–Crippen LogP) is 1.14. The number of halogens is 3. The van der Waals surface area contributed by atoms with E-state index in [2.05, 4.69) is 24.6 Å². The highest BCUT2D eigenvalue weighted by molar-refractivity contribution is 7.84. The maximum Gasteiger partial charge on any atom is 0.333 e. The third-order valence-corrected chi connectivity index (χ3v) is 6.17. The smallest absolute Gasteiger partial charge is 0.333 e. The van der Waals surface area contributed by atoms with Crippen LogP contribution >= 0.6 is 0 Å². The molecule has 0 radical (unpaired) electrons. The van der Waals surface area contributed by atoms with Gasteiger partial charge in [-0.3, -0.25) is 13.7 Å². The quantitative estimate of drug-likeness (QED) is 0.347. The molecular weight excluding hydrogens is 505 g/mol. The van der Waals surface area contributed by atoms with Crippen LogP contribution in [0, 0.1) is 23.4 Å². The molecule has 3 aromatic rings. The van der Waals surface area contributed by atoms with Crippen LogP contribution in [0.15, 0.2) is 36.9 Å². The molecule has 11 nitrogen and oxygen atoms in total. The number of anilines is 1. The monoisotopic (exact) mass is 526 g/mol. The molecule has 2 aromatic heterocycles. The van der Waals surface area contributed by atoms with Crippen LogP contribution in [0.2, 0.25) is 0 Å². The molecule has 1 aliphatic rings. The number of aromatic nitrogens is 4. The summed E-state index contributed by atoms with van der Waals surface area (Å²) in [4.78, 5) is 21.0. The maximum atomic E-state index is 14.0. The Kier molecular flexibility index (Phi) is 7.35. The van der Waals surface area contributed by atoms with Gasteiger partial charge in [-0.05, 0) is 18.9 Å². The summed E-state index contributed by atoms with van der Waals surface area (Å²) in [6, 6.07) is 2.09. The first-order chi connectivity index (χ1) is 17.0. The molecule has 0 unspecified atom stereocenters. The molecule has 1 fully saturated rings. The average Bonchev–Trinajstić information content (AvgIpc) is 3.40. The average molecular weight is 526 g/mol. The fourth-order valence-electron chi connectivity index (χ4n) is 3.98. The summed E-state index contributed by atoms with van der Waals surface area (Å²) in [5, 5.41) is 22.2. The van der Waals surface area contributed by atoms with Gasteiger partial charge in [0.2, 0.25) is 5.78 Å². The van der Waals surface area contributed by atoms with Gasteiger partial charge >= 0.3 is 10.3 Å². The van der Waals surface area contributed by atoms with Crippen LogP contribution < -0.4 is 10.5 Å². The first-order valence-corrected chi connectivity index (χ1v) is 12.1. The Bertz CT molecular complexity index is 1360. The van der Waals surface area contributed by atoms with Gasteiger partial charge in [0.25, 0.3) is 0 Å². The summed E-state index contributed by atoms with van der Waals surface area (Å²) in [5.74, 6) is -4.14. The van der Waals surface area contributed by atoms with Gasteiger partial charge in [-0.1, -0.05) is 0 Å². The zero-order valence-electron chi connectivity index (χ0n) is 18.5. The van der Waals surface area contributed by atoms with E-state index in [4.69, 9.17) is 5.14 Å². The molecule has 2 heterocycles. The molecule has 0 bridgehead atoms. The molecule has 0 amide bonds. The lowest BCUT2D eigenvalue weighted by Crippen LogP contribution is -2.24. The number of carbonyl (C=O) groups is 1. The molecule has 1 aromatic carbocycles. The summed E-state index contributed by atoms with van der Waals surface area (Å²) >= 11 is 0. The number of nitrogens with zero attached hydrogens (tertiary/aromatic N) is 4. The Balaban J connectivity index is 1.47. The number of nitrogens with one attached hydrogen (secondary N) is 1. The minimum Gasteiger partial charge on any atom is -0.393 e. The summed E-state index contributed by atoms with van der Waals surface area (Å²) in [5.41, 5.74) is -0.410. The molecule has 3 atom stereocenters. The first-order valence-electron chi connectivity index (χ1n) is 10.6. The van der Waals surface area contributed by atoms with Gasteiger partial charge in [0, 0.05) is 42.0 Å². The van der Waals surface area contributed by atoms with Crippen molar-refractivity contribution in [2.24, 2.45) is 11.1 Å². The molecular formula is C21H21F3N6O5S. The number of nitrogens with two attached hydrogens (primary N) is 1. The van der Waals surface area contributed by atoms with E-state index in [9.17, 15) is 31.5 Å². The van der Waals surface area contributed by atoms with Crippen LogP contribution in [0.3, 0.4) is 0 Å². The van der Waals surface area contributed by atoms with E-state index in [1.807, 2.05) is 0 Å². The fourth-order valence-corrected chi connectivity index (χ4v) is 4.34. The lowest BCUT2D eigenvalue weighted by molar-refractivity contribution is 0.101. The second kappa shape index (κ2) is 10.3. The van der Waals surface area contributed by atoms with Gasteiger partial charge in [0.1, 0.15) is 35.3 Å². The number of benzene rings is 1. The number of aliphatic hydroxyl groups excluding tert-OH is 1. The lowest BCUT2D eigenvalue weighted by Gasteiger charge is -2.15. The third-order valence-electron chi connectivity index (χ3n) is 5.70. The standard InChI is InChI=1S/C21H21F3N6O5S/c22-12-4-16(23)15(17(24)5-12)8-30-2-1-18(29-30)20(32)14-7-26-10-27-21(14)28-13-3-11(19(31)6-13)9-35-36(25,33)34/h1-2,4-5,7,10-11,13,19,31H,3,6,8-9H2,(H2,25,33,34)(H,26,27,28)/t11-,13-,19+/m1/s1. The Labute approximate surface area is 203 Å². The van der Waals surface area contributed by atoms with Gasteiger partial charge in [0.15, 0.2) is 0 Å². The Morgan fingerprint density at radius 3 is 2.67 bits per heavy atom. The number of ketones is 1. The molecule has 36 heavy (non-hydrogen) atoms. The van der Waals surface area contributed by atoms with Crippen molar-refractivity contribution < 1.29 is 35.7 Å². The number of aliphatic hydroxyl groups is 1. The van der Waals surface area contributed by atoms with E-state index in [-0.39, 0.29) is 42.7 Å². The highest BCUT2D eigenvalue weighted by Gasteiger charge is 2.35. The van der Waals surface area contributed by atoms with Gasteiger partial charge in [-0.2, -0.15) is 13.5 Å². The largest absolute Gasteiger partial charge is 0.393 e. The van der Waals surface area contributed by atoms with Gasteiger partial charge in [-0.25, -0.2) is 28.3 Å². The van der Waals surface area contributed by atoms with E-state index in [1.54, 1.807) is 0 Å². The lowest BCUT2D eigenvalue weighted by atomic mass is 10.1. The van der Waals surface area contributed by atoms with Gasteiger partial charge in [-0.15, -0.1) is 0 Å². The second-order valence-electron chi connectivity index (χ2n) is 8.28. The van der Waals surface area contributed by atoms with Crippen molar-refractivity contribution in [3.05, 3.63) is 71.2 Å². The van der Waals surface area contributed by atoms with E-state index in [1.165, 1.54) is 24.8 Å². The number of hydrogen-bond donors (Lipinski definition) is 3. The van der Waals surface area contributed by atoms with Gasteiger partial charge < -0.3 is 10.4 Å². The zero-order chi connectivity index (χ0) is 26.0. The molecule has 0 aliphatic heterocycles. The SMILES string of the molecule is NS(=O)(=O)OC[C@H]1C[C@@H](Nc2ncncc2C(=O)c2ccn(Cc3c(F)cc(F)cc3F)n2)C[C@@H]1O. The van der Waals surface area contributed by atoms with Crippen LogP contribution in [0.5, 0.6) is 0 Å². The minimum atomic E-state index is -4.15. The predicted molar refractivity (Wildman–Crippen MR) is 118 cm³/mol. The Morgan fingerprint density at radius 2 is 1.97 bits per heavy atom. The van der Waals surface area contributed by atoms with E-state index in [0.717, 1.165) is 4.68 Å². The number of carbonyl (C=O) groups excluding carboxylic acids is 1. The molecule has 1 aliphatic carbocycles. The number of rotatable bonds is 9. The topological polar surface area (TPSA) is 162 Å². The summed E-state index contributed by atoms with van der Waals surface area (Å²) in [6.45, 7) is -0.663. The fraction of sp³-hybridized carbons (Fsp3) is 0.333. The highest BCUT2D eigenvalue weighted by Crippen LogP contribution is 2.30. The Morgan fingerprint density at radius 1 is 1.25 bits per heavy atom. The van der Waals surface area contributed by atoms with Crippen LogP contribution in [0.4, 0.5) is 19.0 Å². The molecule has 0 saturated heterocycles. The normalized spacial score (nSPS) is 20.0. The highest BCUT2D eigenvalue weighted by atomic mass is 32.2. The molecule has 4 N–H and O–H groups in total. The van der Waals surface area contributed by atoms with E-state index in [0.29, 0.717) is 18.6 Å². The second-order valence-corrected chi connectivity index (χ2v) is 9.50. The van der Waals surface area contributed by atoms with Crippen molar-refractivity contribution in [2.75, 3.05) is 11.9 Å². The van der Waals surface area contributed by atoms with E-state index < -0.39 is 51.1 Å². The third kappa shape index (κ3) is 6.04. The number of hydrogen-bond acceptors (Lipinski definition) is 9. The van der Waals surface area contributed by atoms with Crippen molar-refractivity contribution in [2.45, 2.75) is 31.5 Å². The van der Waals surface area contributed by atoms with Crippen LogP contribution in [0.1, 0.15) is 34.5 Å². The van der Waals surface area contributed by atoms with E-state index >= 15 is 0 Å². The maximum absolute atomic E-state index is 14.0. The van der Waals surface area contributed by atoms with Gasteiger partial charge in [0.05, 0.1) is 24.8 Å². The van der Waals surface area contributed by atoms with Crippen molar-refractivity contribution in [1.29, 1.82) is 0 Å².